The van der Waals surface area contributed by atoms with Crippen LogP contribution < -0.4 is 10.1 Å². The van der Waals surface area contributed by atoms with Crippen molar-refractivity contribution in [3.8, 4) is 5.75 Å². The van der Waals surface area contributed by atoms with Crippen molar-refractivity contribution in [1.29, 1.82) is 0 Å². The fourth-order valence-corrected chi connectivity index (χ4v) is 2.63. The van der Waals surface area contributed by atoms with Gasteiger partial charge in [-0.1, -0.05) is 31.7 Å². The first-order chi connectivity index (χ1) is 9.53. The van der Waals surface area contributed by atoms with Gasteiger partial charge >= 0.3 is 6.36 Å². The van der Waals surface area contributed by atoms with Crippen LogP contribution in [0.25, 0.3) is 0 Å². The van der Waals surface area contributed by atoms with Crippen LogP contribution in [0.15, 0.2) is 24.3 Å². The second-order valence-electron chi connectivity index (χ2n) is 5.31. The van der Waals surface area contributed by atoms with Crippen LogP contribution in [0, 0.1) is 5.92 Å². The second-order valence-corrected chi connectivity index (χ2v) is 5.31. The fraction of sp³-hybridized carbons (Fsp3) is 0.600. The molecule has 0 radical (unpaired) electrons. The molecule has 1 fully saturated rings. The molecule has 1 aliphatic rings. The number of alkyl halides is 3. The van der Waals surface area contributed by atoms with Crippen molar-refractivity contribution in [3.05, 3.63) is 24.3 Å². The standard InChI is InChI=1S/C15H20F3NO/c16-15(17,18)20-14-9-5-8-13(10-14)19-11-12-6-3-1-2-4-7-12/h5,8-10,12,19H,1-4,6-7,11H2. The molecule has 0 heterocycles. The summed E-state index contributed by atoms with van der Waals surface area (Å²) in [6.07, 6.45) is 2.86. The van der Waals surface area contributed by atoms with Gasteiger partial charge in [0, 0.05) is 18.3 Å². The molecule has 1 aromatic rings. The highest BCUT2D eigenvalue weighted by Gasteiger charge is 2.31. The summed E-state index contributed by atoms with van der Waals surface area (Å²) in [5, 5.41) is 3.22. The van der Waals surface area contributed by atoms with Crippen molar-refractivity contribution in [2.24, 2.45) is 5.92 Å². The Morgan fingerprint density at radius 2 is 1.80 bits per heavy atom. The Hall–Kier alpha value is -1.39. The van der Waals surface area contributed by atoms with Gasteiger partial charge in [0.25, 0.3) is 0 Å². The van der Waals surface area contributed by atoms with E-state index in [4.69, 9.17) is 0 Å². The lowest BCUT2D eigenvalue weighted by Gasteiger charge is -2.16. The normalized spacial score (nSPS) is 17.6. The van der Waals surface area contributed by atoms with Crippen LogP contribution in [0.2, 0.25) is 0 Å². The lowest BCUT2D eigenvalue weighted by atomic mass is 10.0. The van der Waals surface area contributed by atoms with Crippen LogP contribution in [-0.4, -0.2) is 12.9 Å². The molecule has 2 nitrogen and oxygen atoms in total. The zero-order valence-corrected chi connectivity index (χ0v) is 11.4. The number of rotatable bonds is 4. The van der Waals surface area contributed by atoms with Crippen molar-refractivity contribution < 1.29 is 17.9 Å². The van der Waals surface area contributed by atoms with Gasteiger partial charge in [0.2, 0.25) is 0 Å². The van der Waals surface area contributed by atoms with Crippen LogP contribution in [0.4, 0.5) is 18.9 Å². The summed E-state index contributed by atoms with van der Waals surface area (Å²) >= 11 is 0. The van der Waals surface area contributed by atoms with Gasteiger partial charge in [-0.25, -0.2) is 0 Å². The number of ether oxygens (including phenoxy) is 1. The highest BCUT2D eigenvalue weighted by molar-refractivity contribution is 5.48. The van der Waals surface area contributed by atoms with Crippen LogP contribution in [0.3, 0.4) is 0 Å². The first-order valence-corrected chi connectivity index (χ1v) is 7.12. The van der Waals surface area contributed by atoms with E-state index >= 15 is 0 Å². The minimum Gasteiger partial charge on any atom is -0.406 e. The summed E-state index contributed by atoms with van der Waals surface area (Å²) in [7, 11) is 0. The van der Waals surface area contributed by atoms with Crippen molar-refractivity contribution in [3.63, 3.8) is 0 Å². The average molecular weight is 287 g/mol. The molecule has 0 amide bonds. The van der Waals surface area contributed by atoms with Gasteiger partial charge in [-0.05, 0) is 30.9 Å². The van der Waals surface area contributed by atoms with E-state index in [0.717, 1.165) is 6.54 Å². The molecule has 1 aromatic carbocycles. The van der Waals surface area contributed by atoms with E-state index in [1.807, 2.05) is 0 Å². The number of nitrogens with one attached hydrogen (secondary N) is 1. The molecular weight excluding hydrogens is 267 g/mol. The monoisotopic (exact) mass is 287 g/mol. The molecule has 1 N–H and O–H groups in total. The summed E-state index contributed by atoms with van der Waals surface area (Å²) < 4.78 is 40.4. The minimum atomic E-state index is -4.64. The highest BCUT2D eigenvalue weighted by Crippen LogP contribution is 2.26. The Morgan fingerprint density at radius 1 is 1.10 bits per heavy atom. The molecule has 0 saturated heterocycles. The van der Waals surface area contributed by atoms with E-state index in [1.165, 1.54) is 50.7 Å². The molecule has 0 unspecified atom stereocenters. The molecule has 2 rings (SSSR count). The predicted octanol–water partition coefficient (Wildman–Crippen LogP) is 4.97. The Balaban J connectivity index is 1.87. The predicted molar refractivity (Wildman–Crippen MR) is 72.8 cm³/mol. The fourth-order valence-electron chi connectivity index (χ4n) is 2.63. The maximum atomic E-state index is 12.2. The molecule has 0 atom stereocenters. The molecular formula is C15H20F3NO. The van der Waals surface area contributed by atoms with Crippen molar-refractivity contribution >= 4 is 5.69 Å². The Morgan fingerprint density at radius 3 is 2.45 bits per heavy atom. The molecule has 1 saturated carbocycles. The van der Waals surface area contributed by atoms with E-state index in [2.05, 4.69) is 10.1 Å². The van der Waals surface area contributed by atoms with E-state index in [9.17, 15) is 13.2 Å². The first-order valence-electron chi connectivity index (χ1n) is 7.12. The van der Waals surface area contributed by atoms with Crippen LogP contribution >= 0.6 is 0 Å². The third-order valence-electron chi connectivity index (χ3n) is 3.64. The molecule has 20 heavy (non-hydrogen) atoms. The molecule has 0 bridgehead atoms. The van der Waals surface area contributed by atoms with Crippen LogP contribution in [-0.2, 0) is 0 Å². The number of benzene rings is 1. The third kappa shape index (κ3) is 5.31. The molecule has 0 spiro atoms. The van der Waals surface area contributed by atoms with E-state index in [-0.39, 0.29) is 5.75 Å². The number of hydrogen-bond donors (Lipinski definition) is 1. The Kier molecular flexibility index (Phi) is 5.15. The number of halogens is 3. The minimum absolute atomic E-state index is 0.177. The quantitative estimate of drug-likeness (QED) is 0.790. The summed E-state index contributed by atoms with van der Waals surface area (Å²) in [6.45, 7) is 0.815. The van der Waals surface area contributed by atoms with Gasteiger partial charge in [0.15, 0.2) is 0 Å². The molecule has 0 aromatic heterocycles. The lowest BCUT2D eigenvalue weighted by molar-refractivity contribution is -0.274. The summed E-state index contributed by atoms with van der Waals surface area (Å²) in [4.78, 5) is 0. The largest absolute Gasteiger partial charge is 0.573 e. The second kappa shape index (κ2) is 6.86. The average Bonchev–Trinajstić information content (AvgIpc) is 2.63. The molecule has 112 valence electrons. The summed E-state index contributed by atoms with van der Waals surface area (Å²) in [5.41, 5.74) is 0.677. The number of hydrogen-bond acceptors (Lipinski definition) is 2. The summed E-state index contributed by atoms with van der Waals surface area (Å²) in [5.74, 6) is 0.438. The van der Waals surface area contributed by atoms with Gasteiger partial charge in [0.05, 0.1) is 0 Å². The van der Waals surface area contributed by atoms with Crippen LogP contribution in [0.5, 0.6) is 5.75 Å². The molecule has 0 aliphatic heterocycles. The molecule has 1 aliphatic carbocycles. The summed E-state index contributed by atoms with van der Waals surface area (Å²) in [6, 6.07) is 6.03. The van der Waals surface area contributed by atoms with Crippen LogP contribution in [0.1, 0.15) is 38.5 Å². The lowest BCUT2D eigenvalue weighted by Crippen LogP contribution is -2.17. The van der Waals surface area contributed by atoms with Crippen molar-refractivity contribution in [2.45, 2.75) is 44.9 Å². The zero-order chi connectivity index (χ0) is 14.4. The van der Waals surface area contributed by atoms with Gasteiger partial charge in [-0.3, -0.25) is 0 Å². The smallest absolute Gasteiger partial charge is 0.406 e. The zero-order valence-electron chi connectivity index (χ0n) is 11.4. The first kappa shape index (κ1) is 15.0. The van der Waals surface area contributed by atoms with E-state index in [0.29, 0.717) is 11.6 Å². The highest BCUT2D eigenvalue weighted by atomic mass is 19.4. The Bertz CT molecular complexity index is 412. The van der Waals surface area contributed by atoms with Crippen molar-refractivity contribution in [2.75, 3.05) is 11.9 Å². The third-order valence-corrected chi connectivity index (χ3v) is 3.64. The van der Waals surface area contributed by atoms with Gasteiger partial charge in [-0.15, -0.1) is 13.2 Å². The van der Waals surface area contributed by atoms with Gasteiger partial charge in [0.1, 0.15) is 5.75 Å². The van der Waals surface area contributed by atoms with Gasteiger partial charge in [-0.2, -0.15) is 0 Å². The Labute approximate surface area is 117 Å². The maximum Gasteiger partial charge on any atom is 0.573 e. The van der Waals surface area contributed by atoms with Gasteiger partial charge < -0.3 is 10.1 Å². The SMILES string of the molecule is FC(F)(F)Oc1cccc(NCC2CCCCCC2)c1. The number of anilines is 1. The van der Waals surface area contributed by atoms with Crippen molar-refractivity contribution in [1.82, 2.24) is 0 Å². The topological polar surface area (TPSA) is 21.3 Å². The molecule has 5 heteroatoms. The van der Waals surface area contributed by atoms with E-state index < -0.39 is 6.36 Å². The maximum absolute atomic E-state index is 12.2. The van der Waals surface area contributed by atoms with E-state index in [1.54, 1.807) is 12.1 Å².